The van der Waals surface area contributed by atoms with Crippen molar-refractivity contribution in [1.82, 2.24) is 4.57 Å². The van der Waals surface area contributed by atoms with Gasteiger partial charge in [-0.3, -0.25) is 0 Å². The monoisotopic (exact) mass is 486 g/mol. The minimum absolute atomic E-state index is 1.08. The Morgan fingerprint density at radius 3 is 1.26 bits per heavy atom. The van der Waals surface area contributed by atoms with E-state index in [1.54, 1.807) is 0 Å². The third-order valence-corrected chi connectivity index (χ3v) is 7.20. The second-order valence-corrected chi connectivity index (χ2v) is 9.56. The first-order valence-corrected chi connectivity index (χ1v) is 13.0. The standard InChI is InChI=1S/C36H26N2/c1-2-8-30(9-3-1)37-31-22-18-28(19-23-31)26-14-16-27(17-15-26)29-20-24-32(25-21-29)38-35-12-6-4-10-33(35)34-11-5-7-13-36(34)38/h1-25,37H. The summed E-state index contributed by atoms with van der Waals surface area (Å²) < 4.78 is 2.36. The zero-order chi connectivity index (χ0) is 25.3. The Hall–Kier alpha value is -5.08. The average Bonchev–Trinajstić information content (AvgIpc) is 3.33. The van der Waals surface area contributed by atoms with Crippen molar-refractivity contribution >= 4 is 33.2 Å². The molecule has 7 rings (SSSR count). The van der Waals surface area contributed by atoms with Crippen molar-refractivity contribution in [3.63, 3.8) is 0 Å². The molecule has 0 amide bonds. The first-order chi connectivity index (χ1) is 18.8. The van der Waals surface area contributed by atoms with E-state index in [4.69, 9.17) is 0 Å². The predicted molar refractivity (Wildman–Crippen MR) is 161 cm³/mol. The van der Waals surface area contributed by atoms with Crippen LogP contribution in [0, 0.1) is 0 Å². The Labute approximate surface area is 222 Å². The van der Waals surface area contributed by atoms with E-state index >= 15 is 0 Å². The van der Waals surface area contributed by atoms with E-state index in [-0.39, 0.29) is 0 Å². The molecule has 0 bridgehead atoms. The predicted octanol–water partition coefficient (Wildman–Crippen LogP) is 9.86. The summed E-state index contributed by atoms with van der Waals surface area (Å²) in [5.41, 5.74) is 10.7. The van der Waals surface area contributed by atoms with Gasteiger partial charge in [0.15, 0.2) is 0 Å². The molecule has 0 radical (unpaired) electrons. The van der Waals surface area contributed by atoms with Crippen molar-refractivity contribution < 1.29 is 0 Å². The highest BCUT2D eigenvalue weighted by atomic mass is 15.0. The Bertz CT molecular complexity index is 1790. The molecule has 1 N–H and O–H groups in total. The van der Waals surface area contributed by atoms with Gasteiger partial charge in [-0.2, -0.15) is 0 Å². The summed E-state index contributed by atoms with van der Waals surface area (Å²) in [5.74, 6) is 0. The molecule has 2 heteroatoms. The number of hydrogen-bond donors (Lipinski definition) is 1. The van der Waals surface area contributed by atoms with Crippen molar-refractivity contribution in [1.29, 1.82) is 0 Å². The summed E-state index contributed by atoms with van der Waals surface area (Å²) in [7, 11) is 0. The van der Waals surface area contributed by atoms with Crippen molar-refractivity contribution in [3.05, 3.63) is 152 Å². The van der Waals surface area contributed by atoms with Gasteiger partial charge in [0.2, 0.25) is 0 Å². The van der Waals surface area contributed by atoms with Crippen molar-refractivity contribution in [3.8, 4) is 27.9 Å². The van der Waals surface area contributed by atoms with Gasteiger partial charge in [0.05, 0.1) is 11.0 Å². The number of nitrogens with one attached hydrogen (secondary N) is 1. The number of aromatic nitrogens is 1. The van der Waals surface area contributed by atoms with Gasteiger partial charge in [-0.05, 0) is 70.8 Å². The molecule has 0 spiro atoms. The van der Waals surface area contributed by atoms with Crippen LogP contribution < -0.4 is 5.32 Å². The molecule has 0 saturated carbocycles. The molecule has 0 aliphatic carbocycles. The topological polar surface area (TPSA) is 17.0 Å². The third kappa shape index (κ3) is 4.03. The van der Waals surface area contributed by atoms with Crippen LogP contribution in [0.3, 0.4) is 0 Å². The average molecular weight is 487 g/mol. The molecule has 0 saturated heterocycles. The molecule has 0 atom stereocenters. The van der Waals surface area contributed by atoms with Crippen LogP contribution in [0.25, 0.3) is 49.7 Å². The molecule has 0 unspecified atom stereocenters. The van der Waals surface area contributed by atoms with E-state index in [2.05, 4.69) is 143 Å². The Morgan fingerprint density at radius 1 is 0.342 bits per heavy atom. The molecule has 0 fully saturated rings. The van der Waals surface area contributed by atoms with Gasteiger partial charge in [-0.25, -0.2) is 0 Å². The van der Waals surface area contributed by atoms with Gasteiger partial charge in [-0.1, -0.05) is 103 Å². The van der Waals surface area contributed by atoms with E-state index in [1.807, 2.05) is 18.2 Å². The van der Waals surface area contributed by atoms with Crippen LogP contribution in [0.1, 0.15) is 0 Å². The summed E-state index contributed by atoms with van der Waals surface area (Å²) in [5, 5.41) is 6.01. The normalized spacial score (nSPS) is 11.2. The van der Waals surface area contributed by atoms with E-state index in [9.17, 15) is 0 Å². The number of benzene rings is 6. The molecule has 7 aromatic rings. The largest absolute Gasteiger partial charge is 0.356 e. The van der Waals surface area contributed by atoms with Crippen LogP contribution in [0.4, 0.5) is 11.4 Å². The first kappa shape index (κ1) is 22.1. The lowest BCUT2D eigenvalue weighted by Gasteiger charge is -2.10. The fourth-order valence-corrected chi connectivity index (χ4v) is 5.29. The van der Waals surface area contributed by atoms with E-state index < -0.39 is 0 Å². The van der Waals surface area contributed by atoms with Crippen LogP contribution >= 0.6 is 0 Å². The zero-order valence-corrected chi connectivity index (χ0v) is 20.9. The van der Waals surface area contributed by atoms with Gasteiger partial charge in [0.1, 0.15) is 0 Å². The van der Waals surface area contributed by atoms with E-state index in [0.29, 0.717) is 0 Å². The van der Waals surface area contributed by atoms with Crippen molar-refractivity contribution in [2.75, 3.05) is 5.32 Å². The lowest BCUT2D eigenvalue weighted by atomic mass is 10.00. The summed E-state index contributed by atoms with van der Waals surface area (Å²) in [6, 6.07) is 53.8. The lowest BCUT2D eigenvalue weighted by Crippen LogP contribution is -1.93. The molecule has 38 heavy (non-hydrogen) atoms. The maximum Gasteiger partial charge on any atom is 0.0541 e. The molecule has 0 aliphatic heterocycles. The summed E-state index contributed by atoms with van der Waals surface area (Å²) in [6.45, 7) is 0. The first-order valence-electron chi connectivity index (χ1n) is 13.0. The van der Waals surface area contributed by atoms with Crippen LogP contribution in [-0.2, 0) is 0 Å². The highest BCUT2D eigenvalue weighted by Crippen LogP contribution is 2.33. The van der Waals surface area contributed by atoms with Gasteiger partial charge >= 0.3 is 0 Å². The van der Waals surface area contributed by atoms with Gasteiger partial charge < -0.3 is 9.88 Å². The molecule has 6 aromatic carbocycles. The SMILES string of the molecule is c1ccc(Nc2ccc(-c3ccc(-c4ccc(-n5c6ccccc6c6ccccc65)cc4)cc3)cc2)cc1. The highest BCUT2D eigenvalue weighted by Gasteiger charge is 2.11. The smallest absolute Gasteiger partial charge is 0.0541 e. The molecule has 180 valence electrons. The number of fused-ring (bicyclic) bond motifs is 3. The Kier molecular flexibility index (Phi) is 5.49. The van der Waals surface area contributed by atoms with Gasteiger partial charge in [0.25, 0.3) is 0 Å². The Balaban J connectivity index is 1.14. The van der Waals surface area contributed by atoms with Gasteiger partial charge in [-0.15, -0.1) is 0 Å². The molecule has 0 aliphatic rings. The second-order valence-electron chi connectivity index (χ2n) is 9.56. The van der Waals surface area contributed by atoms with E-state index in [0.717, 1.165) is 11.4 Å². The number of nitrogens with zero attached hydrogens (tertiary/aromatic N) is 1. The Morgan fingerprint density at radius 2 is 0.737 bits per heavy atom. The lowest BCUT2D eigenvalue weighted by molar-refractivity contribution is 1.18. The quantitative estimate of drug-likeness (QED) is 0.256. The summed E-state index contributed by atoms with van der Waals surface area (Å²) in [6.07, 6.45) is 0. The van der Waals surface area contributed by atoms with Crippen LogP contribution in [0.15, 0.2) is 152 Å². The molecule has 1 heterocycles. The van der Waals surface area contributed by atoms with Crippen molar-refractivity contribution in [2.45, 2.75) is 0 Å². The molecule has 1 aromatic heterocycles. The number of anilines is 2. The fraction of sp³-hybridized carbons (Fsp3) is 0. The summed E-state index contributed by atoms with van der Waals surface area (Å²) in [4.78, 5) is 0. The number of rotatable bonds is 5. The van der Waals surface area contributed by atoms with Gasteiger partial charge in [0, 0.05) is 27.8 Å². The second kappa shape index (κ2) is 9.42. The maximum atomic E-state index is 3.45. The summed E-state index contributed by atoms with van der Waals surface area (Å²) >= 11 is 0. The van der Waals surface area contributed by atoms with E-state index in [1.165, 1.54) is 49.7 Å². The van der Waals surface area contributed by atoms with Crippen LogP contribution in [-0.4, -0.2) is 4.57 Å². The highest BCUT2D eigenvalue weighted by molar-refractivity contribution is 6.09. The van der Waals surface area contributed by atoms with Crippen LogP contribution in [0.5, 0.6) is 0 Å². The minimum atomic E-state index is 1.08. The molecular weight excluding hydrogens is 460 g/mol. The third-order valence-electron chi connectivity index (χ3n) is 7.20. The van der Waals surface area contributed by atoms with Crippen molar-refractivity contribution in [2.24, 2.45) is 0 Å². The zero-order valence-electron chi connectivity index (χ0n) is 20.9. The maximum absolute atomic E-state index is 3.45. The number of hydrogen-bond acceptors (Lipinski definition) is 1. The molecule has 2 nitrogen and oxygen atoms in total. The molecular formula is C36H26N2. The minimum Gasteiger partial charge on any atom is -0.356 e. The fourth-order valence-electron chi connectivity index (χ4n) is 5.29. The van der Waals surface area contributed by atoms with Crippen LogP contribution in [0.2, 0.25) is 0 Å². The number of para-hydroxylation sites is 3.